The second-order valence-electron chi connectivity index (χ2n) is 6.47. The standard InChI is InChI=1S/C22H31Si/c1-2-3-4-5-6-13-19-23(22-16-11-8-12-17-22)20-18-21-14-9-7-10-15-21/h7-12,14-17H,2-6,13,18-20H2,1H3. The third-order valence-electron chi connectivity index (χ3n) is 4.57. The van der Waals surface area contributed by atoms with Gasteiger partial charge in [-0.3, -0.25) is 0 Å². The van der Waals surface area contributed by atoms with Crippen LogP contribution in [0.15, 0.2) is 60.7 Å². The van der Waals surface area contributed by atoms with Crippen molar-refractivity contribution in [1.29, 1.82) is 0 Å². The Balaban J connectivity index is 1.83. The van der Waals surface area contributed by atoms with E-state index in [2.05, 4.69) is 67.6 Å². The van der Waals surface area contributed by atoms with Crippen LogP contribution in [0, 0.1) is 0 Å². The Bertz CT molecular complexity index is 506. The van der Waals surface area contributed by atoms with Gasteiger partial charge in [0.1, 0.15) is 0 Å². The molecule has 0 aliphatic carbocycles. The molecule has 2 rings (SSSR count). The summed E-state index contributed by atoms with van der Waals surface area (Å²) in [7, 11) is -0.412. The molecule has 0 N–H and O–H groups in total. The highest BCUT2D eigenvalue weighted by molar-refractivity contribution is 6.73. The topological polar surface area (TPSA) is 0 Å². The first-order chi connectivity index (χ1) is 11.4. The minimum absolute atomic E-state index is 0.412. The fourth-order valence-corrected chi connectivity index (χ4v) is 5.90. The van der Waals surface area contributed by atoms with Crippen molar-refractivity contribution in [2.45, 2.75) is 64.0 Å². The van der Waals surface area contributed by atoms with Crippen molar-refractivity contribution < 1.29 is 0 Å². The zero-order chi connectivity index (χ0) is 16.2. The van der Waals surface area contributed by atoms with Gasteiger partial charge in [0, 0.05) is 0 Å². The Hall–Kier alpha value is -1.34. The molecule has 123 valence electrons. The maximum Gasteiger partial charge on any atom is 0.0859 e. The zero-order valence-electron chi connectivity index (χ0n) is 14.6. The van der Waals surface area contributed by atoms with Crippen LogP contribution in [0.3, 0.4) is 0 Å². The number of hydrogen-bond donors (Lipinski definition) is 0. The summed E-state index contributed by atoms with van der Waals surface area (Å²) in [6.07, 6.45) is 9.68. The molecule has 2 aromatic rings. The fraction of sp³-hybridized carbons (Fsp3) is 0.455. The lowest BCUT2D eigenvalue weighted by Gasteiger charge is -2.15. The van der Waals surface area contributed by atoms with Gasteiger partial charge >= 0.3 is 0 Å². The van der Waals surface area contributed by atoms with Crippen molar-refractivity contribution in [3.63, 3.8) is 0 Å². The average molecular weight is 324 g/mol. The Morgan fingerprint density at radius 3 is 1.96 bits per heavy atom. The summed E-state index contributed by atoms with van der Waals surface area (Å²) in [5, 5.41) is 1.63. The lowest BCUT2D eigenvalue weighted by molar-refractivity contribution is 0.623. The first kappa shape index (κ1) is 18.0. The number of aryl methyl sites for hydroxylation is 1. The fourth-order valence-electron chi connectivity index (χ4n) is 3.15. The summed E-state index contributed by atoms with van der Waals surface area (Å²) in [6, 6.07) is 25.1. The van der Waals surface area contributed by atoms with Crippen molar-refractivity contribution in [3.8, 4) is 0 Å². The molecule has 0 aromatic heterocycles. The first-order valence-electron chi connectivity index (χ1n) is 9.34. The molecule has 0 saturated carbocycles. The third-order valence-corrected chi connectivity index (χ3v) is 7.53. The van der Waals surface area contributed by atoms with Gasteiger partial charge in [0.2, 0.25) is 0 Å². The van der Waals surface area contributed by atoms with E-state index in [0.29, 0.717) is 0 Å². The quantitative estimate of drug-likeness (QED) is 0.352. The Labute approximate surface area is 144 Å². The molecule has 0 bridgehead atoms. The molecule has 0 unspecified atom stereocenters. The van der Waals surface area contributed by atoms with Gasteiger partial charge in [-0.2, -0.15) is 0 Å². The molecular formula is C22H31Si. The molecule has 0 amide bonds. The molecule has 2 aromatic carbocycles. The molecular weight excluding hydrogens is 292 g/mol. The van der Waals surface area contributed by atoms with E-state index in [4.69, 9.17) is 0 Å². The van der Waals surface area contributed by atoms with Gasteiger partial charge in [0.15, 0.2) is 0 Å². The van der Waals surface area contributed by atoms with Crippen LogP contribution in [0.25, 0.3) is 0 Å². The summed E-state index contributed by atoms with van der Waals surface area (Å²) < 4.78 is 0. The van der Waals surface area contributed by atoms with Crippen molar-refractivity contribution >= 4 is 14.0 Å². The van der Waals surface area contributed by atoms with E-state index in [9.17, 15) is 0 Å². The molecule has 1 heteroatoms. The summed E-state index contributed by atoms with van der Waals surface area (Å²) in [6.45, 7) is 2.29. The minimum Gasteiger partial charge on any atom is -0.0654 e. The van der Waals surface area contributed by atoms with E-state index in [1.54, 1.807) is 5.19 Å². The predicted molar refractivity (Wildman–Crippen MR) is 105 cm³/mol. The SMILES string of the molecule is CCCCCCCC[Si](CCc1ccccc1)c1ccccc1. The first-order valence-corrected chi connectivity index (χ1v) is 11.3. The third kappa shape index (κ3) is 7.17. The Kier molecular flexibility index (Phi) is 8.79. The van der Waals surface area contributed by atoms with Gasteiger partial charge in [-0.1, -0.05) is 123 Å². The molecule has 23 heavy (non-hydrogen) atoms. The van der Waals surface area contributed by atoms with Crippen molar-refractivity contribution in [2.75, 3.05) is 0 Å². The molecule has 0 nitrogen and oxygen atoms in total. The normalized spacial score (nSPS) is 11.0. The summed E-state index contributed by atoms with van der Waals surface area (Å²) in [5.41, 5.74) is 1.49. The Morgan fingerprint density at radius 2 is 1.26 bits per heavy atom. The second-order valence-corrected chi connectivity index (χ2v) is 9.26. The Morgan fingerprint density at radius 1 is 0.652 bits per heavy atom. The molecule has 0 fully saturated rings. The number of unbranched alkanes of at least 4 members (excludes halogenated alkanes) is 5. The van der Waals surface area contributed by atoms with E-state index < -0.39 is 8.80 Å². The van der Waals surface area contributed by atoms with E-state index in [1.807, 2.05) is 0 Å². The maximum absolute atomic E-state index is 2.36. The summed E-state index contributed by atoms with van der Waals surface area (Å²) in [5.74, 6) is 0. The van der Waals surface area contributed by atoms with Crippen LogP contribution in [-0.4, -0.2) is 8.80 Å². The summed E-state index contributed by atoms with van der Waals surface area (Å²) >= 11 is 0. The minimum atomic E-state index is -0.412. The molecule has 0 aliphatic rings. The monoisotopic (exact) mass is 323 g/mol. The highest BCUT2D eigenvalue weighted by Gasteiger charge is 2.13. The lowest BCUT2D eigenvalue weighted by atomic mass is 10.1. The molecule has 0 heterocycles. The second kappa shape index (κ2) is 11.2. The highest BCUT2D eigenvalue weighted by atomic mass is 28.3. The van der Waals surface area contributed by atoms with Crippen LogP contribution in [-0.2, 0) is 6.42 Å². The van der Waals surface area contributed by atoms with Gasteiger partial charge in [0.05, 0.1) is 8.80 Å². The zero-order valence-corrected chi connectivity index (χ0v) is 15.6. The maximum atomic E-state index is 2.36. The van der Waals surface area contributed by atoms with Crippen molar-refractivity contribution in [3.05, 3.63) is 66.2 Å². The molecule has 0 atom stereocenters. The summed E-state index contributed by atoms with van der Waals surface area (Å²) in [4.78, 5) is 0. The number of rotatable bonds is 11. The van der Waals surface area contributed by atoms with E-state index >= 15 is 0 Å². The van der Waals surface area contributed by atoms with E-state index in [0.717, 1.165) is 0 Å². The molecule has 0 spiro atoms. The van der Waals surface area contributed by atoms with Gasteiger partial charge in [0.25, 0.3) is 0 Å². The van der Waals surface area contributed by atoms with E-state index in [1.165, 1.54) is 62.6 Å². The smallest absolute Gasteiger partial charge is 0.0654 e. The van der Waals surface area contributed by atoms with Gasteiger partial charge in [-0.25, -0.2) is 0 Å². The largest absolute Gasteiger partial charge is 0.0859 e. The van der Waals surface area contributed by atoms with Crippen molar-refractivity contribution in [1.82, 2.24) is 0 Å². The molecule has 1 radical (unpaired) electrons. The van der Waals surface area contributed by atoms with Gasteiger partial charge in [-0.05, 0) is 12.0 Å². The van der Waals surface area contributed by atoms with Crippen LogP contribution >= 0.6 is 0 Å². The number of benzene rings is 2. The molecule has 0 saturated heterocycles. The van der Waals surface area contributed by atoms with Crippen LogP contribution in [0.4, 0.5) is 0 Å². The van der Waals surface area contributed by atoms with Crippen LogP contribution in [0.2, 0.25) is 12.1 Å². The average Bonchev–Trinajstić information content (AvgIpc) is 2.62. The number of hydrogen-bond acceptors (Lipinski definition) is 0. The van der Waals surface area contributed by atoms with E-state index in [-0.39, 0.29) is 0 Å². The highest BCUT2D eigenvalue weighted by Crippen LogP contribution is 2.14. The predicted octanol–water partition coefficient (Wildman–Crippen LogP) is 5.99. The van der Waals surface area contributed by atoms with Crippen LogP contribution < -0.4 is 5.19 Å². The van der Waals surface area contributed by atoms with Gasteiger partial charge < -0.3 is 0 Å². The van der Waals surface area contributed by atoms with Gasteiger partial charge in [-0.15, -0.1) is 0 Å². The molecule has 0 aliphatic heterocycles. The van der Waals surface area contributed by atoms with Crippen molar-refractivity contribution in [2.24, 2.45) is 0 Å². The van der Waals surface area contributed by atoms with Crippen LogP contribution in [0.5, 0.6) is 0 Å². The lowest BCUT2D eigenvalue weighted by Crippen LogP contribution is -2.30. The van der Waals surface area contributed by atoms with Crippen LogP contribution in [0.1, 0.15) is 51.0 Å².